The standard InChI is InChI=1S/C7H4F3N5/c8-3-1-5(10)6(2-4(3)9)15-7(11)12-13-14-15/h1-2H,(H2,11,12,14). The molecule has 1 aromatic carbocycles. The highest BCUT2D eigenvalue weighted by Gasteiger charge is 2.14. The molecule has 0 saturated heterocycles. The van der Waals surface area contributed by atoms with Crippen molar-refractivity contribution in [1.29, 1.82) is 0 Å². The summed E-state index contributed by atoms with van der Waals surface area (Å²) >= 11 is 0. The van der Waals surface area contributed by atoms with Gasteiger partial charge in [-0.05, 0) is 10.4 Å². The number of aromatic nitrogens is 4. The van der Waals surface area contributed by atoms with Crippen LogP contribution in [0.1, 0.15) is 0 Å². The summed E-state index contributed by atoms with van der Waals surface area (Å²) in [6.07, 6.45) is 0. The van der Waals surface area contributed by atoms with Gasteiger partial charge in [0.25, 0.3) is 0 Å². The number of rotatable bonds is 1. The molecule has 0 aliphatic heterocycles. The zero-order valence-electron chi connectivity index (χ0n) is 7.15. The maximum absolute atomic E-state index is 13.2. The Hall–Kier alpha value is -2.12. The SMILES string of the molecule is Nc1nnnn1-c1cc(F)c(F)cc1F. The number of hydrogen-bond donors (Lipinski definition) is 1. The normalized spacial score (nSPS) is 10.6. The number of hydrogen-bond acceptors (Lipinski definition) is 4. The molecule has 2 aromatic rings. The summed E-state index contributed by atoms with van der Waals surface area (Å²) in [5.74, 6) is -3.72. The molecular formula is C7H4F3N5. The van der Waals surface area contributed by atoms with Gasteiger partial charge in [-0.2, -0.15) is 4.68 Å². The van der Waals surface area contributed by atoms with E-state index in [9.17, 15) is 13.2 Å². The molecule has 0 fully saturated rings. The van der Waals surface area contributed by atoms with Gasteiger partial charge in [0, 0.05) is 12.1 Å². The average molecular weight is 215 g/mol. The van der Waals surface area contributed by atoms with E-state index < -0.39 is 17.5 Å². The van der Waals surface area contributed by atoms with Crippen molar-refractivity contribution < 1.29 is 13.2 Å². The molecule has 0 radical (unpaired) electrons. The molecule has 1 heterocycles. The first-order valence-electron chi connectivity index (χ1n) is 3.78. The van der Waals surface area contributed by atoms with Crippen LogP contribution in [0.3, 0.4) is 0 Å². The third kappa shape index (κ3) is 1.49. The van der Waals surface area contributed by atoms with Crippen molar-refractivity contribution in [3.8, 4) is 5.69 Å². The van der Waals surface area contributed by atoms with Crippen LogP contribution < -0.4 is 5.73 Å². The molecule has 0 aliphatic rings. The van der Waals surface area contributed by atoms with Crippen LogP contribution in [0.4, 0.5) is 19.1 Å². The fourth-order valence-electron chi connectivity index (χ4n) is 1.04. The smallest absolute Gasteiger partial charge is 0.245 e. The van der Waals surface area contributed by atoms with E-state index in [1.54, 1.807) is 0 Å². The summed E-state index contributed by atoms with van der Waals surface area (Å²) < 4.78 is 39.4. The molecule has 0 atom stereocenters. The molecule has 0 amide bonds. The van der Waals surface area contributed by atoms with Crippen LogP contribution in [0, 0.1) is 17.5 Å². The summed E-state index contributed by atoms with van der Waals surface area (Å²) in [6.45, 7) is 0. The first-order valence-corrected chi connectivity index (χ1v) is 3.78. The monoisotopic (exact) mass is 215 g/mol. The highest BCUT2D eigenvalue weighted by molar-refractivity contribution is 5.38. The lowest BCUT2D eigenvalue weighted by atomic mass is 10.3. The van der Waals surface area contributed by atoms with Crippen LogP contribution in [-0.2, 0) is 0 Å². The zero-order chi connectivity index (χ0) is 11.0. The van der Waals surface area contributed by atoms with Crippen molar-refractivity contribution in [2.24, 2.45) is 0 Å². The van der Waals surface area contributed by atoms with Crippen molar-refractivity contribution >= 4 is 5.95 Å². The molecule has 15 heavy (non-hydrogen) atoms. The molecule has 1 aromatic heterocycles. The van der Waals surface area contributed by atoms with Gasteiger partial charge >= 0.3 is 0 Å². The second-order valence-corrected chi connectivity index (χ2v) is 2.67. The first kappa shape index (κ1) is 9.44. The third-order valence-electron chi connectivity index (χ3n) is 1.71. The maximum atomic E-state index is 13.2. The van der Waals surface area contributed by atoms with Crippen molar-refractivity contribution in [1.82, 2.24) is 20.2 Å². The molecule has 0 saturated carbocycles. The quantitative estimate of drug-likeness (QED) is 0.709. The molecule has 8 heteroatoms. The van der Waals surface area contributed by atoms with Crippen LogP contribution >= 0.6 is 0 Å². The Morgan fingerprint density at radius 2 is 1.73 bits per heavy atom. The summed E-state index contributed by atoms with van der Waals surface area (Å²) in [5, 5.41) is 9.75. The lowest BCUT2D eigenvalue weighted by Crippen LogP contribution is -2.06. The summed E-state index contributed by atoms with van der Waals surface area (Å²) in [5.41, 5.74) is 4.92. The summed E-state index contributed by atoms with van der Waals surface area (Å²) in [4.78, 5) is 0. The molecular weight excluding hydrogens is 211 g/mol. The minimum Gasteiger partial charge on any atom is -0.366 e. The van der Waals surface area contributed by atoms with E-state index >= 15 is 0 Å². The Bertz CT molecular complexity index is 509. The number of anilines is 1. The van der Waals surface area contributed by atoms with Crippen LogP contribution in [0.2, 0.25) is 0 Å². The van der Waals surface area contributed by atoms with E-state index in [2.05, 4.69) is 15.5 Å². The highest BCUT2D eigenvalue weighted by atomic mass is 19.2. The number of tetrazole rings is 1. The molecule has 78 valence electrons. The van der Waals surface area contributed by atoms with Crippen molar-refractivity contribution in [3.63, 3.8) is 0 Å². The van der Waals surface area contributed by atoms with Crippen LogP contribution in [0.15, 0.2) is 12.1 Å². The Balaban J connectivity index is 2.64. The third-order valence-corrected chi connectivity index (χ3v) is 1.71. The van der Waals surface area contributed by atoms with Gasteiger partial charge < -0.3 is 5.73 Å². The summed E-state index contributed by atoms with van der Waals surface area (Å²) in [6, 6.07) is 1.02. The average Bonchev–Trinajstić information content (AvgIpc) is 2.58. The van der Waals surface area contributed by atoms with Gasteiger partial charge in [0.05, 0.1) is 0 Å². The van der Waals surface area contributed by atoms with E-state index in [0.717, 1.165) is 4.68 Å². The van der Waals surface area contributed by atoms with Crippen LogP contribution in [-0.4, -0.2) is 20.2 Å². The van der Waals surface area contributed by atoms with E-state index in [1.165, 1.54) is 0 Å². The van der Waals surface area contributed by atoms with Crippen molar-refractivity contribution in [2.45, 2.75) is 0 Å². The second-order valence-electron chi connectivity index (χ2n) is 2.67. The second kappa shape index (κ2) is 3.23. The van der Waals surface area contributed by atoms with E-state index in [-0.39, 0.29) is 11.6 Å². The minimum atomic E-state index is -1.29. The van der Waals surface area contributed by atoms with Crippen molar-refractivity contribution in [3.05, 3.63) is 29.6 Å². The molecule has 0 unspecified atom stereocenters. The van der Waals surface area contributed by atoms with Crippen molar-refractivity contribution in [2.75, 3.05) is 5.73 Å². The van der Waals surface area contributed by atoms with E-state index in [1.807, 2.05) is 0 Å². The number of nitrogens with zero attached hydrogens (tertiary/aromatic N) is 4. The van der Waals surface area contributed by atoms with Crippen LogP contribution in [0.5, 0.6) is 0 Å². The first-order chi connectivity index (χ1) is 7.09. The number of halogens is 3. The Kier molecular flexibility index (Phi) is 2.03. The van der Waals surface area contributed by atoms with E-state index in [0.29, 0.717) is 12.1 Å². The Morgan fingerprint density at radius 3 is 2.33 bits per heavy atom. The molecule has 2 rings (SSSR count). The largest absolute Gasteiger partial charge is 0.366 e. The van der Waals surface area contributed by atoms with Gasteiger partial charge in [0.2, 0.25) is 5.95 Å². The Labute approximate surface area is 81.3 Å². The fourth-order valence-corrected chi connectivity index (χ4v) is 1.04. The maximum Gasteiger partial charge on any atom is 0.245 e. The predicted octanol–water partition coefficient (Wildman–Crippen LogP) is 0.662. The molecule has 0 spiro atoms. The lowest BCUT2D eigenvalue weighted by Gasteiger charge is -2.03. The van der Waals surface area contributed by atoms with Crippen LogP contribution in [0.25, 0.3) is 5.69 Å². The number of benzene rings is 1. The van der Waals surface area contributed by atoms with Gasteiger partial charge in [0.1, 0.15) is 5.69 Å². The Morgan fingerprint density at radius 1 is 1.07 bits per heavy atom. The summed E-state index contributed by atoms with van der Waals surface area (Å²) in [7, 11) is 0. The minimum absolute atomic E-state index is 0.222. The van der Waals surface area contributed by atoms with Gasteiger partial charge in [-0.15, -0.1) is 0 Å². The number of nitrogen functional groups attached to an aromatic ring is 1. The van der Waals surface area contributed by atoms with Gasteiger partial charge in [-0.1, -0.05) is 5.10 Å². The molecule has 0 aliphatic carbocycles. The van der Waals surface area contributed by atoms with Gasteiger partial charge in [-0.25, -0.2) is 13.2 Å². The molecule has 5 nitrogen and oxygen atoms in total. The lowest BCUT2D eigenvalue weighted by molar-refractivity contribution is 0.491. The number of nitrogens with two attached hydrogens (primary N) is 1. The fraction of sp³-hybridized carbons (Fsp3) is 0. The van der Waals surface area contributed by atoms with Gasteiger partial charge in [0.15, 0.2) is 17.5 Å². The molecule has 0 bridgehead atoms. The highest BCUT2D eigenvalue weighted by Crippen LogP contribution is 2.17. The van der Waals surface area contributed by atoms with Gasteiger partial charge in [-0.3, -0.25) is 0 Å². The van der Waals surface area contributed by atoms with E-state index in [4.69, 9.17) is 5.73 Å². The molecule has 2 N–H and O–H groups in total. The predicted molar refractivity (Wildman–Crippen MR) is 43.4 cm³/mol. The zero-order valence-corrected chi connectivity index (χ0v) is 7.15. The topological polar surface area (TPSA) is 69.6 Å².